The number of halogens is 1. The maximum atomic E-state index is 6.23. The van der Waals surface area contributed by atoms with Crippen molar-refractivity contribution >= 4 is 29.2 Å². The zero-order valence-electron chi connectivity index (χ0n) is 19.0. The Morgan fingerprint density at radius 2 is 1.09 bits per heavy atom. The zero-order chi connectivity index (χ0) is 23.6. The van der Waals surface area contributed by atoms with Crippen molar-refractivity contribution in [2.45, 2.75) is 26.1 Å². The molecule has 0 aliphatic carbocycles. The summed E-state index contributed by atoms with van der Waals surface area (Å²) in [5.41, 5.74) is 5.12. The van der Waals surface area contributed by atoms with Crippen LogP contribution in [0.15, 0.2) is 114 Å². The molecule has 4 heteroatoms. The molecular weight excluding hydrogens is 483 g/mol. The fraction of sp³-hybridized carbons (Fsp3) is 0.133. The molecule has 0 unspecified atom stereocenters. The van der Waals surface area contributed by atoms with Crippen LogP contribution >= 0.6 is 15.9 Å². The van der Waals surface area contributed by atoms with Crippen molar-refractivity contribution < 1.29 is 9.47 Å². The molecule has 4 rings (SSSR count). The fourth-order valence-corrected chi connectivity index (χ4v) is 4.22. The van der Waals surface area contributed by atoms with Gasteiger partial charge in [0, 0.05) is 0 Å². The van der Waals surface area contributed by atoms with Crippen LogP contribution in [0.5, 0.6) is 11.5 Å². The van der Waals surface area contributed by atoms with Gasteiger partial charge in [0.25, 0.3) is 0 Å². The van der Waals surface area contributed by atoms with E-state index in [4.69, 9.17) is 17.3 Å². The molecule has 0 heterocycles. The Morgan fingerprint density at radius 3 is 1.68 bits per heavy atom. The van der Waals surface area contributed by atoms with Crippen LogP contribution in [0.2, 0.25) is 0 Å². The van der Waals surface area contributed by atoms with Gasteiger partial charge in [-0.2, -0.15) is 0 Å². The summed E-state index contributed by atoms with van der Waals surface area (Å²) in [6.07, 6.45) is 5.84. The van der Waals surface area contributed by atoms with Crippen molar-refractivity contribution in [3.63, 3.8) is 0 Å². The summed E-state index contributed by atoms with van der Waals surface area (Å²) < 4.78 is 13.2. The van der Waals surface area contributed by atoms with Gasteiger partial charge >= 0.3 is 0 Å². The third-order valence-electron chi connectivity index (χ3n) is 5.47. The molecule has 4 aromatic carbocycles. The van der Waals surface area contributed by atoms with Crippen LogP contribution in [0, 0.1) is 0 Å². The normalized spacial score (nSPS) is 11.0. The lowest BCUT2D eigenvalue weighted by Crippen LogP contribution is -2.11. The van der Waals surface area contributed by atoms with E-state index < -0.39 is 0 Å². The van der Waals surface area contributed by atoms with E-state index in [1.165, 1.54) is 0 Å². The number of hydrogen-bond acceptors (Lipinski definition) is 2. The molecule has 0 spiro atoms. The van der Waals surface area contributed by atoms with Crippen LogP contribution in [0.3, 0.4) is 0 Å². The molecule has 4 aromatic rings. The van der Waals surface area contributed by atoms with E-state index in [0.29, 0.717) is 18.7 Å². The van der Waals surface area contributed by atoms with Gasteiger partial charge in [0.15, 0.2) is 0 Å². The van der Waals surface area contributed by atoms with Gasteiger partial charge in [-0.25, -0.2) is 0 Å². The Morgan fingerprint density at radius 1 is 0.588 bits per heavy atom. The Labute approximate surface area is 211 Å². The van der Waals surface area contributed by atoms with E-state index in [-0.39, 0.29) is 0 Å². The lowest BCUT2D eigenvalue weighted by Gasteiger charge is -2.14. The van der Waals surface area contributed by atoms with Crippen LogP contribution in [-0.2, 0) is 26.1 Å². The first-order valence-electron chi connectivity index (χ1n) is 11.3. The van der Waals surface area contributed by atoms with Crippen molar-refractivity contribution in [3.8, 4) is 11.5 Å². The Bertz CT molecular complexity index is 1130. The Balaban J connectivity index is 1.40. The highest BCUT2D eigenvalue weighted by molar-refractivity contribution is 9.10. The predicted octanol–water partition coefficient (Wildman–Crippen LogP) is 6.74. The largest absolute Gasteiger partial charge is 0.489 e. The van der Waals surface area contributed by atoms with Crippen molar-refractivity contribution in [3.05, 3.63) is 136 Å². The molecule has 0 N–H and O–H groups in total. The number of ether oxygens (including phenoxy) is 2. The Kier molecular flexibility index (Phi) is 8.64. The molecule has 0 aliphatic rings. The molecule has 0 saturated heterocycles. The van der Waals surface area contributed by atoms with Gasteiger partial charge in [-0.3, -0.25) is 0 Å². The first-order chi connectivity index (χ1) is 16.7. The maximum absolute atomic E-state index is 6.23. The highest BCUT2D eigenvalue weighted by Gasteiger charge is 2.09. The first kappa shape index (κ1) is 23.9. The standard InChI is InChI=1S/C30H26BBrO2/c31-27-19-9-17-25(29(27)33-21-23-11-3-1-4-12-23)15-7-8-16-26-18-10-20-28(32)30(26)34-22-24-13-5-2-6-14-24/h1-14,17-20H,15-16,21-22H2/b8-7+. The highest BCUT2D eigenvalue weighted by Crippen LogP contribution is 2.30. The van der Waals surface area contributed by atoms with E-state index >= 15 is 0 Å². The van der Waals surface area contributed by atoms with Crippen molar-refractivity contribution in [2.24, 2.45) is 0 Å². The second kappa shape index (κ2) is 12.3. The summed E-state index contributed by atoms with van der Waals surface area (Å²) in [5.74, 6) is 1.64. The first-order valence-corrected chi connectivity index (χ1v) is 12.1. The molecule has 34 heavy (non-hydrogen) atoms. The molecule has 0 bridgehead atoms. The fourth-order valence-electron chi connectivity index (χ4n) is 3.70. The van der Waals surface area contributed by atoms with Gasteiger partial charge in [-0.05, 0) is 57.1 Å². The van der Waals surface area contributed by atoms with E-state index in [1.807, 2.05) is 72.8 Å². The van der Waals surface area contributed by atoms with Crippen LogP contribution in [0.1, 0.15) is 22.3 Å². The van der Waals surface area contributed by atoms with Crippen molar-refractivity contribution in [1.29, 1.82) is 0 Å². The quantitative estimate of drug-likeness (QED) is 0.174. The maximum Gasteiger partial charge on any atom is 0.137 e. The van der Waals surface area contributed by atoms with Crippen LogP contribution in [0.25, 0.3) is 0 Å². The summed E-state index contributed by atoms with van der Waals surface area (Å²) >= 11 is 3.64. The molecule has 0 aliphatic heterocycles. The molecular formula is C30H26BBrO2. The van der Waals surface area contributed by atoms with Gasteiger partial charge in [0.2, 0.25) is 0 Å². The van der Waals surface area contributed by atoms with Crippen LogP contribution < -0.4 is 14.9 Å². The summed E-state index contributed by atoms with van der Waals surface area (Å²) in [6, 6.07) is 32.4. The number of rotatable bonds is 10. The third kappa shape index (κ3) is 6.65. The second-order valence-corrected chi connectivity index (χ2v) is 8.85. The number of benzene rings is 4. The van der Waals surface area contributed by atoms with Crippen molar-refractivity contribution in [2.75, 3.05) is 0 Å². The van der Waals surface area contributed by atoms with Crippen molar-refractivity contribution in [1.82, 2.24) is 0 Å². The monoisotopic (exact) mass is 508 g/mol. The topological polar surface area (TPSA) is 18.5 Å². The van der Waals surface area contributed by atoms with E-state index in [9.17, 15) is 0 Å². The minimum absolute atomic E-state index is 0.492. The van der Waals surface area contributed by atoms with Gasteiger partial charge in [-0.1, -0.05) is 109 Å². The molecule has 0 fully saturated rings. The van der Waals surface area contributed by atoms with E-state index in [2.05, 4.69) is 52.3 Å². The molecule has 2 radical (unpaired) electrons. The molecule has 0 saturated carbocycles. The minimum atomic E-state index is 0.492. The lowest BCUT2D eigenvalue weighted by atomic mass is 9.91. The lowest BCUT2D eigenvalue weighted by molar-refractivity contribution is 0.301. The minimum Gasteiger partial charge on any atom is -0.489 e. The average Bonchev–Trinajstić information content (AvgIpc) is 2.87. The van der Waals surface area contributed by atoms with Gasteiger partial charge in [-0.15, -0.1) is 0 Å². The number of hydrogen-bond donors (Lipinski definition) is 0. The van der Waals surface area contributed by atoms with Gasteiger partial charge in [0.1, 0.15) is 32.6 Å². The molecule has 2 nitrogen and oxygen atoms in total. The Hall–Kier alpha value is -3.24. The highest BCUT2D eigenvalue weighted by atomic mass is 79.9. The second-order valence-electron chi connectivity index (χ2n) is 7.99. The summed E-state index contributed by atoms with van der Waals surface area (Å²) in [6.45, 7) is 1.03. The summed E-state index contributed by atoms with van der Waals surface area (Å²) in [7, 11) is 6.23. The van der Waals surface area contributed by atoms with Crippen LogP contribution in [-0.4, -0.2) is 7.85 Å². The SMILES string of the molecule is [B]c1cccc(C/C=C/Cc2cccc(Br)c2OCc2ccccc2)c1OCc1ccccc1. The molecule has 0 aromatic heterocycles. The predicted molar refractivity (Wildman–Crippen MR) is 144 cm³/mol. The molecule has 0 atom stereocenters. The van der Waals surface area contributed by atoms with Gasteiger partial charge in [0.05, 0.1) is 4.47 Å². The molecule has 168 valence electrons. The average molecular weight is 509 g/mol. The number of allylic oxidation sites excluding steroid dienone is 2. The number of para-hydroxylation sites is 2. The van der Waals surface area contributed by atoms with Gasteiger partial charge < -0.3 is 9.47 Å². The van der Waals surface area contributed by atoms with E-state index in [0.717, 1.165) is 51.1 Å². The smallest absolute Gasteiger partial charge is 0.137 e. The summed E-state index contributed by atoms with van der Waals surface area (Å²) in [5, 5.41) is 0. The van der Waals surface area contributed by atoms with Crippen LogP contribution in [0.4, 0.5) is 0 Å². The summed E-state index contributed by atoms with van der Waals surface area (Å²) in [4.78, 5) is 0. The molecule has 0 amide bonds. The van der Waals surface area contributed by atoms with E-state index in [1.54, 1.807) is 0 Å². The third-order valence-corrected chi connectivity index (χ3v) is 6.09. The zero-order valence-corrected chi connectivity index (χ0v) is 20.6.